The van der Waals surface area contributed by atoms with Crippen LogP contribution in [0.25, 0.3) is 0 Å². The summed E-state index contributed by atoms with van der Waals surface area (Å²) >= 11 is 0. The van der Waals surface area contributed by atoms with Crippen LogP contribution >= 0.6 is 0 Å². The van der Waals surface area contributed by atoms with Crippen LogP contribution in [0.3, 0.4) is 0 Å². The van der Waals surface area contributed by atoms with Crippen molar-refractivity contribution in [2.45, 2.75) is 51.2 Å². The minimum absolute atomic E-state index is 0.250. The van der Waals surface area contributed by atoms with Crippen molar-refractivity contribution < 1.29 is 14.6 Å². The average molecular weight is 271 g/mol. The van der Waals surface area contributed by atoms with Gasteiger partial charge >= 0.3 is 0 Å². The highest BCUT2D eigenvalue weighted by Crippen LogP contribution is 2.30. The summed E-state index contributed by atoms with van der Waals surface area (Å²) in [7, 11) is 0. The Morgan fingerprint density at radius 2 is 2.21 bits per heavy atom. The van der Waals surface area contributed by atoms with E-state index in [0.717, 1.165) is 37.8 Å². The number of aliphatic hydroxyl groups is 1. The second-order valence-electron chi connectivity index (χ2n) is 6.15. The Kier molecular flexibility index (Phi) is 6.57. The van der Waals surface area contributed by atoms with E-state index in [1.165, 1.54) is 19.3 Å². The molecule has 0 aromatic heterocycles. The highest BCUT2D eigenvalue weighted by molar-refractivity contribution is 4.76. The van der Waals surface area contributed by atoms with Gasteiger partial charge in [-0.15, -0.1) is 0 Å². The molecule has 4 heteroatoms. The Morgan fingerprint density at radius 1 is 1.32 bits per heavy atom. The van der Waals surface area contributed by atoms with Gasteiger partial charge in [0.1, 0.15) is 0 Å². The van der Waals surface area contributed by atoms with E-state index in [1.807, 2.05) is 0 Å². The van der Waals surface area contributed by atoms with E-state index in [4.69, 9.17) is 9.47 Å². The molecule has 112 valence electrons. The minimum Gasteiger partial charge on any atom is -0.389 e. The molecule has 2 fully saturated rings. The molecule has 0 aromatic rings. The lowest BCUT2D eigenvalue weighted by atomic mass is 9.98. The van der Waals surface area contributed by atoms with Gasteiger partial charge in [0, 0.05) is 13.2 Å². The number of hydrogen-bond acceptors (Lipinski definition) is 4. The summed E-state index contributed by atoms with van der Waals surface area (Å²) in [6.45, 7) is 5.89. The first-order chi connectivity index (χ1) is 9.25. The van der Waals surface area contributed by atoms with Crippen LogP contribution in [0.4, 0.5) is 0 Å². The van der Waals surface area contributed by atoms with E-state index in [-0.39, 0.29) is 6.10 Å². The van der Waals surface area contributed by atoms with Gasteiger partial charge in [-0.25, -0.2) is 0 Å². The quantitative estimate of drug-likeness (QED) is 0.703. The molecule has 19 heavy (non-hydrogen) atoms. The van der Waals surface area contributed by atoms with Crippen molar-refractivity contribution in [3.8, 4) is 0 Å². The van der Waals surface area contributed by atoms with Gasteiger partial charge in [0.25, 0.3) is 0 Å². The molecule has 1 saturated heterocycles. The third kappa shape index (κ3) is 5.38. The zero-order valence-electron chi connectivity index (χ0n) is 12.1. The van der Waals surface area contributed by atoms with Gasteiger partial charge in [0.15, 0.2) is 0 Å². The molecule has 1 saturated carbocycles. The number of hydrogen-bond donors (Lipinski definition) is 2. The van der Waals surface area contributed by atoms with Crippen LogP contribution in [0.15, 0.2) is 0 Å². The molecule has 0 aromatic carbocycles. The zero-order chi connectivity index (χ0) is 13.5. The number of ether oxygens (including phenoxy) is 2. The third-order valence-corrected chi connectivity index (χ3v) is 4.46. The first-order valence-corrected chi connectivity index (χ1v) is 7.84. The third-order valence-electron chi connectivity index (χ3n) is 4.46. The molecule has 4 unspecified atom stereocenters. The summed E-state index contributed by atoms with van der Waals surface area (Å²) in [6, 6.07) is 0. The summed E-state index contributed by atoms with van der Waals surface area (Å²) < 4.78 is 11.0. The number of aliphatic hydroxyl groups excluding tert-OH is 1. The van der Waals surface area contributed by atoms with Crippen molar-refractivity contribution in [2.24, 2.45) is 11.8 Å². The molecule has 4 nitrogen and oxygen atoms in total. The largest absolute Gasteiger partial charge is 0.389 e. The fraction of sp³-hybridized carbons (Fsp3) is 1.00. The van der Waals surface area contributed by atoms with Gasteiger partial charge in [-0.1, -0.05) is 19.8 Å². The Bertz CT molecular complexity index is 244. The molecule has 4 atom stereocenters. The second-order valence-corrected chi connectivity index (χ2v) is 6.15. The highest BCUT2D eigenvalue weighted by Gasteiger charge is 2.23. The van der Waals surface area contributed by atoms with Crippen molar-refractivity contribution in [3.05, 3.63) is 0 Å². The summed E-state index contributed by atoms with van der Waals surface area (Å²) in [6.07, 6.45) is 6.13. The van der Waals surface area contributed by atoms with Gasteiger partial charge < -0.3 is 19.9 Å². The molecule has 1 aliphatic carbocycles. The van der Waals surface area contributed by atoms with E-state index in [2.05, 4.69) is 12.2 Å². The molecule has 2 rings (SSSR count). The van der Waals surface area contributed by atoms with E-state index >= 15 is 0 Å². The van der Waals surface area contributed by atoms with Crippen LogP contribution < -0.4 is 5.32 Å². The molecule has 0 bridgehead atoms. The Morgan fingerprint density at radius 3 is 2.89 bits per heavy atom. The van der Waals surface area contributed by atoms with Crippen LogP contribution in [0.2, 0.25) is 0 Å². The molecular formula is C15H29NO3. The Hall–Kier alpha value is -0.160. The minimum atomic E-state index is -0.405. The van der Waals surface area contributed by atoms with E-state index in [9.17, 15) is 5.11 Å². The fourth-order valence-electron chi connectivity index (χ4n) is 3.13. The van der Waals surface area contributed by atoms with Crippen molar-refractivity contribution in [1.82, 2.24) is 5.32 Å². The van der Waals surface area contributed by atoms with Gasteiger partial charge in [0.05, 0.1) is 25.4 Å². The molecule has 0 spiro atoms. The molecule has 0 radical (unpaired) electrons. The van der Waals surface area contributed by atoms with E-state index in [0.29, 0.717) is 19.8 Å². The smallest absolute Gasteiger partial charge is 0.0897 e. The summed E-state index contributed by atoms with van der Waals surface area (Å²) in [5.74, 6) is 1.63. The molecule has 1 heterocycles. The molecule has 2 aliphatic rings. The van der Waals surface area contributed by atoms with Crippen LogP contribution in [-0.2, 0) is 9.47 Å². The SMILES string of the molecule is CC1CCCC1CNCC(O)COCC1CCCO1. The predicted octanol–water partition coefficient (Wildman–Crippen LogP) is 1.57. The number of nitrogens with one attached hydrogen (secondary N) is 1. The zero-order valence-corrected chi connectivity index (χ0v) is 12.1. The lowest BCUT2D eigenvalue weighted by Gasteiger charge is -2.18. The standard InChI is InChI=1S/C15H29NO3/c1-12-4-2-5-13(12)8-16-9-14(17)10-18-11-15-6-3-7-19-15/h12-17H,2-11H2,1H3. The van der Waals surface area contributed by atoms with E-state index < -0.39 is 6.10 Å². The maximum Gasteiger partial charge on any atom is 0.0897 e. The summed E-state index contributed by atoms with van der Waals surface area (Å²) in [5.41, 5.74) is 0. The van der Waals surface area contributed by atoms with Crippen LogP contribution in [0.1, 0.15) is 39.0 Å². The van der Waals surface area contributed by atoms with Crippen molar-refractivity contribution in [1.29, 1.82) is 0 Å². The molecule has 2 N–H and O–H groups in total. The Labute approximate surface area is 116 Å². The van der Waals surface area contributed by atoms with Gasteiger partial charge in [-0.3, -0.25) is 0 Å². The van der Waals surface area contributed by atoms with Crippen molar-refractivity contribution in [3.63, 3.8) is 0 Å². The second kappa shape index (κ2) is 8.20. The molecule has 0 amide bonds. The highest BCUT2D eigenvalue weighted by atomic mass is 16.5. The Balaban J connectivity index is 1.46. The van der Waals surface area contributed by atoms with Gasteiger partial charge in [-0.2, -0.15) is 0 Å². The topological polar surface area (TPSA) is 50.7 Å². The van der Waals surface area contributed by atoms with Gasteiger partial charge in [-0.05, 0) is 37.6 Å². The maximum absolute atomic E-state index is 9.83. The molecule has 1 aliphatic heterocycles. The van der Waals surface area contributed by atoms with Crippen LogP contribution in [0.5, 0.6) is 0 Å². The molecular weight excluding hydrogens is 242 g/mol. The van der Waals surface area contributed by atoms with E-state index in [1.54, 1.807) is 0 Å². The van der Waals surface area contributed by atoms with Crippen LogP contribution in [0, 0.1) is 11.8 Å². The van der Waals surface area contributed by atoms with Crippen molar-refractivity contribution >= 4 is 0 Å². The van der Waals surface area contributed by atoms with Gasteiger partial charge in [0.2, 0.25) is 0 Å². The monoisotopic (exact) mass is 271 g/mol. The average Bonchev–Trinajstić information content (AvgIpc) is 3.02. The first kappa shape index (κ1) is 15.2. The summed E-state index contributed by atoms with van der Waals surface area (Å²) in [4.78, 5) is 0. The predicted molar refractivity (Wildman–Crippen MR) is 75.2 cm³/mol. The lowest BCUT2D eigenvalue weighted by molar-refractivity contribution is -0.0166. The van der Waals surface area contributed by atoms with Crippen molar-refractivity contribution in [2.75, 3.05) is 32.9 Å². The number of rotatable bonds is 8. The normalized spacial score (nSPS) is 32.8. The summed E-state index contributed by atoms with van der Waals surface area (Å²) in [5, 5.41) is 13.2. The fourth-order valence-corrected chi connectivity index (χ4v) is 3.13. The first-order valence-electron chi connectivity index (χ1n) is 7.84. The maximum atomic E-state index is 9.83. The lowest BCUT2D eigenvalue weighted by Crippen LogP contribution is -2.34. The van der Waals surface area contributed by atoms with Crippen LogP contribution in [-0.4, -0.2) is 50.2 Å².